The molecule has 2 fully saturated rings. The monoisotopic (exact) mass is 587 g/mol. The molecule has 0 unspecified atom stereocenters. The van der Waals surface area contributed by atoms with Crippen molar-refractivity contribution in [3.63, 3.8) is 0 Å². The lowest BCUT2D eigenvalue weighted by Crippen LogP contribution is -2.38. The lowest BCUT2D eigenvalue weighted by molar-refractivity contribution is 0.0919. The number of carbonyl (C=O) groups excluding carboxylic acids is 2. The van der Waals surface area contributed by atoms with Gasteiger partial charge in [-0.2, -0.15) is 0 Å². The highest BCUT2D eigenvalue weighted by atomic mass is 16.5. The first-order valence-electron chi connectivity index (χ1n) is 16.2. The van der Waals surface area contributed by atoms with Crippen LogP contribution in [0.5, 0.6) is 5.75 Å². The Morgan fingerprint density at radius 1 is 0.886 bits per heavy atom. The summed E-state index contributed by atoms with van der Waals surface area (Å²) in [5.41, 5.74) is 7.01. The predicted octanol–water partition coefficient (Wildman–Crippen LogP) is 7.55. The summed E-state index contributed by atoms with van der Waals surface area (Å²) in [6.07, 6.45) is 8.35. The smallest absolute Gasteiger partial charge is 0.252 e. The third-order valence-corrected chi connectivity index (χ3v) is 10.2. The molecular weight excluding hydrogens is 546 g/mol. The van der Waals surface area contributed by atoms with Gasteiger partial charge in [-0.1, -0.05) is 48.5 Å². The Balaban J connectivity index is 0.930. The van der Waals surface area contributed by atoms with Gasteiger partial charge in [0.25, 0.3) is 5.91 Å². The third-order valence-electron chi connectivity index (χ3n) is 10.2. The van der Waals surface area contributed by atoms with Gasteiger partial charge in [0, 0.05) is 46.8 Å². The molecule has 2 aliphatic heterocycles. The van der Waals surface area contributed by atoms with E-state index in [2.05, 4.69) is 27.3 Å². The number of aryl methyl sites for hydroxylation is 1. The summed E-state index contributed by atoms with van der Waals surface area (Å²) < 4.78 is 5.50. The van der Waals surface area contributed by atoms with Gasteiger partial charge in [-0.3, -0.25) is 14.5 Å². The number of benzene rings is 3. The van der Waals surface area contributed by atoms with Gasteiger partial charge in [0.1, 0.15) is 11.3 Å². The first kappa shape index (κ1) is 28.7. The number of ether oxygens (including phenoxy) is 1. The van der Waals surface area contributed by atoms with E-state index in [0.29, 0.717) is 35.7 Å². The fourth-order valence-electron chi connectivity index (χ4n) is 7.91. The highest BCUT2D eigenvalue weighted by Crippen LogP contribution is 2.53. The molecule has 1 saturated heterocycles. The number of aromatic nitrogens is 1. The molecule has 2 atom stereocenters. The number of pyridine rings is 1. The van der Waals surface area contributed by atoms with Crippen LogP contribution in [0, 0.1) is 12.8 Å². The summed E-state index contributed by atoms with van der Waals surface area (Å²) in [5, 5.41) is 4.15. The van der Waals surface area contributed by atoms with Gasteiger partial charge in [0.2, 0.25) is 0 Å². The summed E-state index contributed by atoms with van der Waals surface area (Å²) in [4.78, 5) is 33.7. The summed E-state index contributed by atoms with van der Waals surface area (Å²) in [6, 6.07) is 25.2. The van der Waals surface area contributed by atoms with E-state index in [0.717, 1.165) is 60.0 Å². The number of hydrogen-bond donors (Lipinski definition) is 1. The molecule has 226 valence electrons. The van der Waals surface area contributed by atoms with Crippen molar-refractivity contribution in [3.05, 3.63) is 106 Å². The van der Waals surface area contributed by atoms with Crippen molar-refractivity contribution in [2.75, 3.05) is 13.7 Å². The van der Waals surface area contributed by atoms with Crippen molar-refractivity contribution in [1.29, 1.82) is 0 Å². The van der Waals surface area contributed by atoms with Gasteiger partial charge in [-0.15, -0.1) is 0 Å². The summed E-state index contributed by atoms with van der Waals surface area (Å²) in [5.74, 6) is 1.54. The van der Waals surface area contributed by atoms with Crippen molar-refractivity contribution < 1.29 is 14.3 Å². The van der Waals surface area contributed by atoms with Crippen molar-refractivity contribution >= 4 is 22.6 Å². The molecule has 2 bridgehead atoms. The zero-order valence-electron chi connectivity index (χ0n) is 25.7. The highest BCUT2D eigenvalue weighted by Gasteiger charge is 2.43. The van der Waals surface area contributed by atoms with Crippen LogP contribution >= 0.6 is 0 Å². The second-order valence-corrected chi connectivity index (χ2v) is 12.9. The lowest BCUT2D eigenvalue weighted by Gasteiger charge is -2.31. The number of nitrogens with one attached hydrogen (secondary N) is 1. The van der Waals surface area contributed by atoms with E-state index in [1.54, 1.807) is 7.11 Å². The number of rotatable bonds is 9. The summed E-state index contributed by atoms with van der Waals surface area (Å²) >= 11 is 0. The van der Waals surface area contributed by atoms with Crippen LogP contribution in [-0.4, -0.2) is 41.3 Å². The van der Waals surface area contributed by atoms with Crippen LogP contribution in [0.25, 0.3) is 10.9 Å². The van der Waals surface area contributed by atoms with Gasteiger partial charge in [0.05, 0.1) is 7.11 Å². The Kier molecular flexibility index (Phi) is 7.94. The second-order valence-electron chi connectivity index (χ2n) is 12.9. The van der Waals surface area contributed by atoms with Crippen molar-refractivity contribution in [3.8, 4) is 5.75 Å². The number of amides is 1. The maximum atomic E-state index is 13.3. The van der Waals surface area contributed by atoms with Gasteiger partial charge in [-0.25, -0.2) is 4.98 Å². The molecule has 3 aliphatic rings. The van der Waals surface area contributed by atoms with Crippen LogP contribution in [0.15, 0.2) is 72.8 Å². The van der Waals surface area contributed by atoms with Crippen LogP contribution in [0.3, 0.4) is 0 Å². The number of ketones is 1. The number of carbonyl (C=O) groups is 2. The second kappa shape index (κ2) is 12.2. The topological polar surface area (TPSA) is 71.5 Å². The van der Waals surface area contributed by atoms with E-state index in [-0.39, 0.29) is 17.7 Å². The fraction of sp³-hybridized carbons (Fsp3) is 0.395. The minimum Gasteiger partial charge on any atom is -0.494 e. The first-order chi connectivity index (χ1) is 21.5. The normalized spacial score (nSPS) is 22.6. The van der Waals surface area contributed by atoms with Crippen molar-refractivity contribution in [2.24, 2.45) is 5.92 Å². The van der Waals surface area contributed by atoms with Gasteiger partial charge in [0.15, 0.2) is 5.78 Å². The number of methoxy groups -OCH3 is 1. The molecule has 44 heavy (non-hydrogen) atoms. The molecule has 1 aliphatic carbocycles. The summed E-state index contributed by atoms with van der Waals surface area (Å²) in [6.45, 7) is 3.05. The largest absolute Gasteiger partial charge is 0.494 e. The molecule has 0 radical (unpaired) electrons. The Bertz CT molecular complexity index is 1690. The van der Waals surface area contributed by atoms with E-state index in [4.69, 9.17) is 4.74 Å². The Morgan fingerprint density at radius 3 is 2.43 bits per heavy atom. The molecule has 3 aromatic carbocycles. The van der Waals surface area contributed by atoms with Crippen LogP contribution in [0.2, 0.25) is 0 Å². The maximum Gasteiger partial charge on any atom is 0.252 e. The fourth-order valence-corrected chi connectivity index (χ4v) is 7.91. The SMILES string of the molecule is COc1ccc(C(=O)NC2CCC(CCN3[C@@H]4CC[C@H]3c3ccc(C(=O)Cc5ccccc5)cc34)CC2)c2ccc(C)nc12. The molecule has 4 aromatic rings. The average Bonchev–Trinajstić information content (AvgIpc) is 3.60. The van der Waals surface area contributed by atoms with E-state index < -0.39 is 0 Å². The molecule has 1 N–H and O–H groups in total. The number of nitrogens with zero attached hydrogens (tertiary/aromatic N) is 2. The molecule has 6 heteroatoms. The predicted molar refractivity (Wildman–Crippen MR) is 173 cm³/mol. The molecule has 3 heterocycles. The molecular formula is C38H41N3O3. The minimum atomic E-state index is -0.0280. The van der Waals surface area contributed by atoms with E-state index in [1.165, 1.54) is 30.4 Å². The van der Waals surface area contributed by atoms with Crippen LogP contribution in [-0.2, 0) is 6.42 Å². The zero-order valence-corrected chi connectivity index (χ0v) is 25.7. The van der Waals surface area contributed by atoms with Crippen LogP contribution in [0.4, 0.5) is 0 Å². The number of Topliss-reactive ketones (excluding diaryl/α,β-unsaturated/α-hetero) is 1. The minimum absolute atomic E-state index is 0.0280. The maximum absolute atomic E-state index is 13.3. The molecule has 1 amide bonds. The van der Waals surface area contributed by atoms with E-state index >= 15 is 0 Å². The van der Waals surface area contributed by atoms with Crippen molar-refractivity contribution in [1.82, 2.24) is 15.2 Å². The Hall–Kier alpha value is -4.03. The molecule has 1 saturated carbocycles. The molecule has 1 aromatic heterocycles. The quantitative estimate of drug-likeness (QED) is 0.205. The number of hydrogen-bond acceptors (Lipinski definition) is 5. The van der Waals surface area contributed by atoms with Crippen molar-refractivity contribution in [2.45, 2.75) is 76.4 Å². The average molecular weight is 588 g/mol. The van der Waals surface area contributed by atoms with Gasteiger partial charge >= 0.3 is 0 Å². The zero-order chi connectivity index (χ0) is 30.2. The van der Waals surface area contributed by atoms with Gasteiger partial charge in [-0.05, 0) is 105 Å². The lowest BCUT2D eigenvalue weighted by atomic mass is 9.84. The Morgan fingerprint density at radius 2 is 1.66 bits per heavy atom. The summed E-state index contributed by atoms with van der Waals surface area (Å²) in [7, 11) is 1.64. The molecule has 7 rings (SSSR count). The standard InChI is InChI=1S/C38H41N3O3/c1-24-8-14-30-31(16-19-36(44-2)37(30)39-24)38(43)40-28-12-9-25(10-13-28)20-21-41-33-17-18-34(41)32-23-27(11-15-29(32)33)35(42)22-26-6-4-3-5-7-26/h3-8,11,14-16,19,23,25,28,33-34H,9-10,12-13,17-18,20-22H2,1-2H3,(H,40,43)/t25?,28?,33-,34+/m0/s1. The van der Waals surface area contributed by atoms with E-state index in [1.807, 2.05) is 67.6 Å². The third kappa shape index (κ3) is 5.52. The highest BCUT2D eigenvalue weighted by molar-refractivity contribution is 6.07. The van der Waals surface area contributed by atoms with Crippen LogP contribution in [0.1, 0.15) is 100 Å². The number of fused-ring (bicyclic) bond motifs is 6. The molecule has 6 nitrogen and oxygen atoms in total. The molecule has 0 spiro atoms. The van der Waals surface area contributed by atoms with E-state index in [9.17, 15) is 9.59 Å². The Labute approximate surface area is 259 Å². The van der Waals surface area contributed by atoms with Crippen LogP contribution < -0.4 is 10.1 Å². The first-order valence-corrected chi connectivity index (χ1v) is 16.2. The van der Waals surface area contributed by atoms with Gasteiger partial charge < -0.3 is 10.1 Å².